The van der Waals surface area contributed by atoms with E-state index < -0.39 is 5.25 Å². The van der Waals surface area contributed by atoms with E-state index >= 15 is 0 Å². The summed E-state index contributed by atoms with van der Waals surface area (Å²) in [6.07, 6.45) is 2.43. The predicted molar refractivity (Wildman–Crippen MR) is 123 cm³/mol. The Bertz CT molecular complexity index is 999. The SMILES string of the molecule is Cc1cccc(N=C2S[C@H](CC(=O)Nc3ccccc3C)C(=O)N2[C@H](C)C2CC2)c1. The summed E-state index contributed by atoms with van der Waals surface area (Å²) in [5.41, 5.74) is 3.75. The molecule has 2 aromatic rings. The van der Waals surface area contributed by atoms with Gasteiger partial charge in [-0.3, -0.25) is 14.5 Å². The second-order valence-corrected chi connectivity index (χ2v) is 9.36. The van der Waals surface area contributed by atoms with Crippen molar-refractivity contribution in [3.8, 4) is 0 Å². The molecular weight excluding hydrogens is 394 g/mol. The number of thioether (sulfide) groups is 1. The molecule has 2 fully saturated rings. The first kappa shape index (κ1) is 20.7. The number of benzene rings is 2. The number of aryl methyl sites for hydroxylation is 2. The van der Waals surface area contributed by atoms with Crippen LogP contribution in [0.5, 0.6) is 0 Å². The molecule has 2 aromatic carbocycles. The van der Waals surface area contributed by atoms with Crippen molar-refractivity contribution in [3.05, 3.63) is 59.7 Å². The van der Waals surface area contributed by atoms with Crippen molar-refractivity contribution in [2.24, 2.45) is 10.9 Å². The van der Waals surface area contributed by atoms with E-state index in [2.05, 4.69) is 12.2 Å². The summed E-state index contributed by atoms with van der Waals surface area (Å²) < 4.78 is 0. The zero-order chi connectivity index (χ0) is 21.3. The number of amidine groups is 1. The molecular formula is C24H27N3O2S. The summed E-state index contributed by atoms with van der Waals surface area (Å²) in [5.74, 6) is 0.369. The van der Waals surface area contributed by atoms with E-state index in [4.69, 9.17) is 4.99 Å². The van der Waals surface area contributed by atoms with Gasteiger partial charge in [-0.2, -0.15) is 0 Å². The van der Waals surface area contributed by atoms with Gasteiger partial charge >= 0.3 is 0 Å². The molecule has 0 spiro atoms. The fraction of sp³-hybridized carbons (Fsp3) is 0.375. The number of amides is 2. The lowest BCUT2D eigenvalue weighted by Crippen LogP contribution is -2.41. The van der Waals surface area contributed by atoms with E-state index in [1.807, 2.05) is 67.3 Å². The van der Waals surface area contributed by atoms with E-state index in [1.54, 1.807) is 0 Å². The van der Waals surface area contributed by atoms with Crippen LogP contribution in [-0.4, -0.2) is 33.2 Å². The number of hydrogen-bond donors (Lipinski definition) is 1. The molecule has 5 nitrogen and oxygen atoms in total. The number of para-hydroxylation sites is 1. The van der Waals surface area contributed by atoms with Gasteiger partial charge in [-0.1, -0.05) is 42.1 Å². The minimum Gasteiger partial charge on any atom is -0.326 e. The first-order valence-electron chi connectivity index (χ1n) is 10.4. The van der Waals surface area contributed by atoms with Crippen LogP contribution in [0.15, 0.2) is 53.5 Å². The maximum absolute atomic E-state index is 13.2. The van der Waals surface area contributed by atoms with Crippen molar-refractivity contribution in [1.82, 2.24) is 4.90 Å². The Morgan fingerprint density at radius 3 is 2.67 bits per heavy atom. The number of aliphatic imine (C=N–C) groups is 1. The quantitative estimate of drug-likeness (QED) is 0.709. The van der Waals surface area contributed by atoms with Crippen LogP contribution in [-0.2, 0) is 9.59 Å². The van der Waals surface area contributed by atoms with Gasteiger partial charge in [0.05, 0.1) is 5.69 Å². The van der Waals surface area contributed by atoms with Crippen LogP contribution in [0.25, 0.3) is 0 Å². The Morgan fingerprint density at radius 2 is 1.97 bits per heavy atom. The van der Waals surface area contributed by atoms with E-state index in [-0.39, 0.29) is 24.3 Å². The summed E-state index contributed by atoms with van der Waals surface area (Å²) in [5, 5.41) is 3.21. The van der Waals surface area contributed by atoms with Crippen LogP contribution in [0.3, 0.4) is 0 Å². The third-order valence-electron chi connectivity index (χ3n) is 5.69. The van der Waals surface area contributed by atoms with E-state index in [0.717, 1.165) is 35.3 Å². The highest BCUT2D eigenvalue weighted by atomic mass is 32.2. The highest BCUT2D eigenvalue weighted by Crippen LogP contribution is 2.41. The third kappa shape index (κ3) is 4.59. The highest BCUT2D eigenvalue weighted by Gasteiger charge is 2.45. The Hall–Kier alpha value is -2.60. The lowest BCUT2D eigenvalue weighted by Gasteiger charge is -2.24. The lowest BCUT2D eigenvalue weighted by atomic mass is 10.1. The maximum Gasteiger partial charge on any atom is 0.242 e. The fourth-order valence-electron chi connectivity index (χ4n) is 3.75. The normalized spacial score (nSPS) is 21.2. The fourth-order valence-corrected chi connectivity index (χ4v) is 4.98. The predicted octanol–water partition coefficient (Wildman–Crippen LogP) is 5.06. The summed E-state index contributed by atoms with van der Waals surface area (Å²) >= 11 is 1.41. The number of anilines is 1. The van der Waals surface area contributed by atoms with Crippen LogP contribution < -0.4 is 5.32 Å². The Morgan fingerprint density at radius 1 is 1.20 bits per heavy atom. The first-order valence-corrected chi connectivity index (χ1v) is 11.3. The van der Waals surface area contributed by atoms with E-state index in [9.17, 15) is 9.59 Å². The molecule has 4 rings (SSSR count). The van der Waals surface area contributed by atoms with Crippen molar-refractivity contribution >= 4 is 40.1 Å². The molecule has 1 N–H and O–H groups in total. The molecule has 0 radical (unpaired) electrons. The van der Waals surface area contributed by atoms with Gasteiger partial charge in [0.25, 0.3) is 0 Å². The standard InChI is InChI=1S/C24H27N3O2S/c1-15-7-6-9-19(13-15)25-24-27(17(3)18-11-12-18)23(29)21(30-24)14-22(28)26-20-10-5-4-8-16(20)2/h4-10,13,17-18,21H,11-12,14H2,1-3H3,(H,26,28)/t17-,21-/m1/s1. The minimum absolute atomic E-state index is 0.00858. The van der Waals surface area contributed by atoms with Crippen molar-refractivity contribution in [3.63, 3.8) is 0 Å². The average Bonchev–Trinajstić information content (AvgIpc) is 3.50. The van der Waals surface area contributed by atoms with Gasteiger partial charge in [-0.15, -0.1) is 0 Å². The third-order valence-corrected chi connectivity index (χ3v) is 6.85. The molecule has 6 heteroatoms. The van der Waals surface area contributed by atoms with Crippen LogP contribution in [0, 0.1) is 19.8 Å². The van der Waals surface area contributed by atoms with Gasteiger partial charge in [0.15, 0.2) is 5.17 Å². The van der Waals surface area contributed by atoms with Crippen molar-refractivity contribution < 1.29 is 9.59 Å². The molecule has 156 valence electrons. The van der Waals surface area contributed by atoms with Gasteiger partial charge in [-0.25, -0.2) is 4.99 Å². The first-order chi connectivity index (χ1) is 14.4. The second kappa shape index (κ2) is 8.64. The highest BCUT2D eigenvalue weighted by molar-refractivity contribution is 8.15. The Balaban J connectivity index is 1.53. The minimum atomic E-state index is -0.446. The monoisotopic (exact) mass is 421 g/mol. The maximum atomic E-state index is 13.2. The van der Waals surface area contributed by atoms with Gasteiger partial charge in [0, 0.05) is 18.2 Å². The second-order valence-electron chi connectivity index (χ2n) is 8.19. The summed E-state index contributed by atoms with van der Waals surface area (Å²) in [6.45, 7) is 6.08. The van der Waals surface area contributed by atoms with Gasteiger partial charge in [-0.05, 0) is 68.9 Å². The Kier molecular flexibility index (Phi) is 5.95. The number of carbonyl (C=O) groups is 2. The van der Waals surface area contributed by atoms with Gasteiger partial charge in [0.1, 0.15) is 5.25 Å². The zero-order valence-electron chi connectivity index (χ0n) is 17.6. The van der Waals surface area contributed by atoms with Crippen LogP contribution in [0.2, 0.25) is 0 Å². The smallest absolute Gasteiger partial charge is 0.242 e. The Labute approximate surface area is 182 Å². The molecule has 1 saturated heterocycles. The summed E-state index contributed by atoms with van der Waals surface area (Å²) in [4.78, 5) is 32.5. The molecule has 30 heavy (non-hydrogen) atoms. The molecule has 0 aromatic heterocycles. The summed E-state index contributed by atoms with van der Waals surface area (Å²) in [6, 6.07) is 15.7. The zero-order valence-corrected chi connectivity index (χ0v) is 18.4. The number of nitrogens with one attached hydrogen (secondary N) is 1. The van der Waals surface area contributed by atoms with Crippen LogP contribution in [0.4, 0.5) is 11.4 Å². The molecule has 2 aliphatic rings. The number of rotatable bonds is 6. The topological polar surface area (TPSA) is 61.8 Å². The molecule has 2 amide bonds. The molecule has 2 atom stereocenters. The van der Waals surface area contributed by atoms with E-state index in [1.165, 1.54) is 11.8 Å². The number of nitrogens with zero attached hydrogens (tertiary/aromatic N) is 2. The molecule has 1 heterocycles. The molecule has 0 unspecified atom stereocenters. The molecule has 1 aliphatic carbocycles. The number of carbonyl (C=O) groups excluding carboxylic acids is 2. The van der Waals surface area contributed by atoms with Gasteiger partial charge in [0.2, 0.25) is 11.8 Å². The van der Waals surface area contributed by atoms with Gasteiger partial charge < -0.3 is 5.32 Å². The van der Waals surface area contributed by atoms with Crippen LogP contribution in [0.1, 0.15) is 37.3 Å². The lowest BCUT2D eigenvalue weighted by molar-refractivity contribution is -0.129. The average molecular weight is 422 g/mol. The summed E-state index contributed by atoms with van der Waals surface area (Å²) in [7, 11) is 0. The largest absolute Gasteiger partial charge is 0.326 e. The van der Waals surface area contributed by atoms with Crippen molar-refractivity contribution in [2.75, 3.05) is 5.32 Å². The van der Waals surface area contributed by atoms with Crippen molar-refractivity contribution in [1.29, 1.82) is 0 Å². The van der Waals surface area contributed by atoms with Crippen molar-refractivity contribution in [2.45, 2.75) is 51.3 Å². The molecule has 1 aliphatic heterocycles. The molecule has 0 bridgehead atoms. The van der Waals surface area contributed by atoms with E-state index in [0.29, 0.717) is 11.1 Å². The van der Waals surface area contributed by atoms with Crippen LogP contribution >= 0.6 is 11.8 Å². The number of hydrogen-bond acceptors (Lipinski definition) is 4. The molecule has 1 saturated carbocycles.